The first-order valence-electron chi connectivity index (χ1n) is 8.46. The minimum Gasteiger partial charge on any atom is -0.324 e. The monoisotopic (exact) mass is 361 g/mol. The average molecular weight is 361 g/mol. The largest absolute Gasteiger partial charge is 0.324 e. The summed E-state index contributed by atoms with van der Waals surface area (Å²) in [6.45, 7) is 6.57. The highest BCUT2D eigenvalue weighted by Crippen LogP contribution is 2.31. The van der Waals surface area contributed by atoms with Crippen LogP contribution in [0.2, 0.25) is 0 Å². The van der Waals surface area contributed by atoms with Crippen LogP contribution in [0.25, 0.3) is 21.0 Å². The first-order valence-corrected chi connectivity index (χ1v) is 9.28. The van der Waals surface area contributed by atoms with Crippen LogP contribution < -0.4 is 5.32 Å². The van der Waals surface area contributed by atoms with Gasteiger partial charge in [-0.15, -0.1) is 11.3 Å². The zero-order chi connectivity index (χ0) is 18.3. The van der Waals surface area contributed by atoms with E-state index in [1.54, 1.807) is 0 Å². The van der Waals surface area contributed by atoms with E-state index in [1.165, 1.54) is 16.9 Å². The molecule has 0 saturated carbocycles. The zero-order valence-corrected chi connectivity index (χ0v) is 15.7. The van der Waals surface area contributed by atoms with Gasteiger partial charge in [0.15, 0.2) is 6.29 Å². The van der Waals surface area contributed by atoms with Gasteiger partial charge in [0, 0.05) is 27.4 Å². The van der Waals surface area contributed by atoms with Crippen LogP contribution in [-0.4, -0.2) is 16.3 Å². The standard InChI is InChI=1S/C21H19N3OS/c1-21(2,3)14-5-4-6-15(9-14)23-20-22-11-13-7-8-18-17(19(13)24-20)10-16(12-25)26-18/h4-12H,1-3H3,(H,22,23,24). The lowest BCUT2D eigenvalue weighted by atomic mass is 9.87. The number of aromatic nitrogens is 2. The number of benzene rings is 2. The van der Waals surface area contributed by atoms with Crippen molar-refractivity contribution in [2.75, 3.05) is 5.32 Å². The van der Waals surface area contributed by atoms with Gasteiger partial charge in [0.1, 0.15) is 0 Å². The maximum atomic E-state index is 11.1. The highest BCUT2D eigenvalue weighted by Gasteiger charge is 2.14. The van der Waals surface area contributed by atoms with E-state index in [0.29, 0.717) is 10.8 Å². The molecule has 0 aliphatic carbocycles. The SMILES string of the molecule is CC(C)(C)c1cccc(Nc2ncc3ccc4sc(C=O)cc4c3n2)c1. The first-order chi connectivity index (χ1) is 12.4. The van der Waals surface area contributed by atoms with E-state index in [2.05, 4.69) is 43.2 Å². The van der Waals surface area contributed by atoms with E-state index >= 15 is 0 Å². The highest BCUT2D eigenvalue weighted by molar-refractivity contribution is 7.20. The van der Waals surface area contributed by atoms with E-state index in [1.807, 2.05) is 36.5 Å². The van der Waals surface area contributed by atoms with Gasteiger partial charge < -0.3 is 5.32 Å². The van der Waals surface area contributed by atoms with Gasteiger partial charge in [0.2, 0.25) is 5.95 Å². The molecule has 2 heterocycles. The molecule has 4 aromatic rings. The Labute approximate surface area is 155 Å². The summed E-state index contributed by atoms with van der Waals surface area (Å²) in [5, 5.41) is 5.25. The van der Waals surface area contributed by atoms with Gasteiger partial charge in [-0.1, -0.05) is 32.9 Å². The van der Waals surface area contributed by atoms with Crippen molar-refractivity contribution in [1.82, 2.24) is 9.97 Å². The van der Waals surface area contributed by atoms with Crippen molar-refractivity contribution < 1.29 is 4.79 Å². The molecule has 0 amide bonds. The normalized spacial score (nSPS) is 11.8. The summed E-state index contributed by atoms with van der Waals surface area (Å²) in [6, 6.07) is 14.2. The van der Waals surface area contributed by atoms with Gasteiger partial charge >= 0.3 is 0 Å². The summed E-state index contributed by atoms with van der Waals surface area (Å²) >= 11 is 1.48. The molecular weight excluding hydrogens is 342 g/mol. The number of aldehydes is 1. The average Bonchev–Trinajstić information content (AvgIpc) is 3.05. The fraction of sp³-hybridized carbons (Fsp3) is 0.190. The predicted octanol–water partition coefficient (Wildman–Crippen LogP) is 5.70. The second-order valence-corrected chi connectivity index (χ2v) is 8.45. The summed E-state index contributed by atoms with van der Waals surface area (Å²) in [5.74, 6) is 0.551. The van der Waals surface area contributed by atoms with Gasteiger partial charge in [-0.25, -0.2) is 9.97 Å². The van der Waals surface area contributed by atoms with Crippen molar-refractivity contribution in [2.45, 2.75) is 26.2 Å². The lowest BCUT2D eigenvalue weighted by molar-refractivity contribution is 0.112. The molecule has 26 heavy (non-hydrogen) atoms. The Morgan fingerprint density at radius 2 is 1.96 bits per heavy atom. The minimum absolute atomic E-state index is 0.0794. The molecule has 0 radical (unpaired) electrons. The molecule has 1 N–H and O–H groups in total. The van der Waals surface area contributed by atoms with Crippen LogP contribution >= 0.6 is 11.3 Å². The Balaban J connectivity index is 1.76. The topological polar surface area (TPSA) is 54.9 Å². The van der Waals surface area contributed by atoms with Crippen LogP contribution in [-0.2, 0) is 5.41 Å². The Bertz CT molecular complexity index is 1130. The molecule has 130 valence electrons. The summed E-state index contributed by atoms with van der Waals surface area (Å²) in [5.41, 5.74) is 3.15. The number of thiophene rings is 1. The molecule has 0 atom stereocenters. The number of nitrogens with one attached hydrogen (secondary N) is 1. The number of carbonyl (C=O) groups excluding carboxylic acids is 1. The molecule has 5 heteroatoms. The summed E-state index contributed by atoms with van der Waals surface area (Å²) < 4.78 is 1.05. The summed E-state index contributed by atoms with van der Waals surface area (Å²) in [7, 11) is 0. The van der Waals surface area contributed by atoms with Crippen molar-refractivity contribution in [2.24, 2.45) is 0 Å². The van der Waals surface area contributed by atoms with Crippen molar-refractivity contribution in [1.29, 1.82) is 0 Å². The van der Waals surface area contributed by atoms with Crippen LogP contribution in [0, 0.1) is 0 Å². The molecule has 0 saturated heterocycles. The maximum Gasteiger partial charge on any atom is 0.227 e. The van der Waals surface area contributed by atoms with E-state index < -0.39 is 0 Å². The van der Waals surface area contributed by atoms with Gasteiger partial charge in [0.25, 0.3) is 0 Å². The fourth-order valence-electron chi connectivity index (χ4n) is 2.94. The Morgan fingerprint density at radius 3 is 2.73 bits per heavy atom. The molecule has 2 aromatic heterocycles. The van der Waals surface area contributed by atoms with E-state index in [4.69, 9.17) is 4.98 Å². The van der Waals surface area contributed by atoms with Crippen molar-refractivity contribution in [3.8, 4) is 0 Å². The van der Waals surface area contributed by atoms with Crippen LogP contribution in [0.1, 0.15) is 36.0 Å². The van der Waals surface area contributed by atoms with Crippen LogP contribution in [0.15, 0.2) is 48.7 Å². The number of fused-ring (bicyclic) bond motifs is 3. The minimum atomic E-state index is 0.0794. The lowest BCUT2D eigenvalue weighted by Gasteiger charge is -2.19. The quantitative estimate of drug-likeness (QED) is 0.476. The molecule has 4 rings (SSSR count). The van der Waals surface area contributed by atoms with E-state index in [0.717, 1.165) is 33.0 Å². The Morgan fingerprint density at radius 1 is 1.12 bits per heavy atom. The van der Waals surface area contributed by atoms with E-state index in [9.17, 15) is 4.79 Å². The van der Waals surface area contributed by atoms with Crippen molar-refractivity contribution in [3.63, 3.8) is 0 Å². The Kier molecular flexibility index (Phi) is 3.96. The molecule has 0 aliphatic rings. The number of carbonyl (C=O) groups is 1. The molecular formula is C21H19N3OS. The van der Waals surface area contributed by atoms with E-state index in [-0.39, 0.29) is 5.41 Å². The van der Waals surface area contributed by atoms with Gasteiger partial charge in [-0.2, -0.15) is 0 Å². The number of rotatable bonds is 3. The smallest absolute Gasteiger partial charge is 0.227 e. The second-order valence-electron chi connectivity index (χ2n) is 7.33. The fourth-order valence-corrected chi connectivity index (χ4v) is 3.82. The molecule has 0 bridgehead atoms. The number of hydrogen-bond donors (Lipinski definition) is 1. The predicted molar refractivity (Wildman–Crippen MR) is 109 cm³/mol. The summed E-state index contributed by atoms with van der Waals surface area (Å²) in [6.07, 6.45) is 2.70. The molecule has 0 spiro atoms. The molecule has 4 nitrogen and oxygen atoms in total. The van der Waals surface area contributed by atoms with Crippen molar-refractivity contribution >= 4 is 50.2 Å². The Hall–Kier alpha value is -2.79. The van der Waals surface area contributed by atoms with Gasteiger partial charge in [-0.3, -0.25) is 4.79 Å². The highest BCUT2D eigenvalue weighted by atomic mass is 32.1. The third-order valence-electron chi connectivity index (χ3n) is 4.37. The number of nitrogens with zero attached hydrogens (tertiary/aromatic N) is 2. The van der Waals surface area contributed by atoms with Crippen LogP contribution in [0.3, 0.4) is 0 Å². The lowest BCUT2D eigenvalue weighted by Crippen LogP contribution is -2.11. The van der Waals surface area contributed by atoms with Gasteiger partial charge in [0.05, 0.1) is 10.4 Å². The van der Waals surface area contributed by atoms with Crippen LogP contribution in [0.5, 0.6) is 0 Å². The zero-order valence-electron chi connectivity index (χ0n) is 14.9. The summed E-state index contributed by atoms with van der Waals surface area (Å²) in [4.78, 5) is 21.0. The second kappa shape index (κ2) is 6.18. The third kappa shape index (κ3) is 3.06. The number of anilines is 2. The third-order valence-corrected chi connectivity index (χ3v) is 5.39. The first kappa shape index (κ1) is 16.7. The van der Waals surface area contributed by atoms with Gasteiger partial charge in [-0.05, 0) is 41.3 Å². The molecule has 2 aromatic carbocycles. The molecule has 0 unspecified atom stereocenters. The van der Waals surface area contributed by atoms with Crippen LogP contribution in [0.4, 0.5) is 11.6 Å². The van der Waals surface area contributed by atoms with Crippen molar-refractivity contribution in [3.05, 3.63) is 59.1 Å². The molecule has 0 fully saturated rings. The molecule has 0 aliphatic heterocycles. The maximum absolute atomic E-state index is 11.1. The number of hydrogen-bond acceptors (Lipinski definition) is 5.